The van der Waals surface area contributed by atoms with E-state index in [2.05, 4.69) is 9.97 Å². The Kier molecular flexibility index (Phi) is 4.37. The van der Waals surface area contributed by atoms with Crippen molar-refractivity contribution in [3.8, 4) is 11.7 Å². The van der Waals surface area contributed by atoms with Crippen molar-refractivity contribution in [1.29, 1.82) is 0 Å². The molecule has 7 heteroatoms. The number of ether oxygens (including phenoxy) is 1. The first-order valence-electron chi connectivity index (χ1n) is 9.22. The van der Waals surface area contributed by atoms with Gasteiger partial charge in [0.05, 0.1) is 12.8 Å². The molecular formula is C21H23N5O2. The van der Waals surface area contributed by atoms with Crippen LogP contribution in [0.3, 0.4) is 0 Å². The fourth-order valence-corrected chi connectivity index (χ4v) is 3.95. The summed E-state index contributed by atoms with van der Waals surface area (Å²) in [5.74, 6) is 1.85. The predicted molar refractivity (Wildman–Crippen MR) is 106 cm³/mol. The number of aryl methyl sites for hydroxylation is 3. The molecule has 28 heavy (non-hydrogen) atoms. The largest absolute Gasteiger partial charge is 0.496 e. The number of benzene rings is 1. The van der Waals surface area contributed by atoms with Crippen LogP contribution in [0.5, 0.6) is 5.75 Å². The average molecular weight is 377 g/mol. The highest BCUT2D eigenvalue weighted by Crippen LogP contribution is 2.44. The van der Waals surface area contributed by atoms with Gasteiger partial charge >= 0.3 is 0 Å². The van der Waals surface area contributed by atoms with Crippen LogP contribution in [-0.4, -0.2) is 39.8 Å². The lowest BCUT2D eigenvalue weighted by molar-refractivity contribution is -0.118. The zero-order chi connectivity index (χ0) is 20.0. The van der Waals surface area contributed by atoms with Gasteiger partial charge in [-0.05, 0) is 32.9 Å². The van der Waals surface area contributed by atoms with Gasteiger partial charge in [0, 0.05) is 41.9 Å². The topological polar surface area (TPSA) is 73.1 Å². The third kappa shape index (κ3) is 2.83. The monoisotopic (exact) mass is 377 g/mol. The summed E-state index contributed by atoms with van der Waals surface area (Å²) < 4.78 is 7.25. The van der Waals surface area contributed by atoms with Gasteiger partial charge < -0.3 is 4.74 Å². The quantitative estimate of drug-likeness (QED) is 0.701. The van der Waals surface area contributed by atoms with E-state index in [1.54, 1.807) is 23.7 Å². The molecule has 0 aliphatic carbocycles. The van der Waals surface area contributed by atoms with Crippen molar-refractivity contribution in [3.63, 3.8) is 0 Å². The highest BCUT2D eigenvalue weighted by atomic mass is 16.5. The molecule has 0 bridgehead atoms. The van der Waals surface area contributed by atoms with E-state index in [0.29, 0.717) is 12.4 Å². The maximum atomic E-state index is 12.9. The minimum Gasteiger partial charge on any atom is -0.496 e. The van der Waals surface area contributed by atoms with Crippen molar-refractivity contribution in [1.82, 2.24) is 19.7 Å². The number of para-hydroxylation sites is 1. The highest BCUT2D eigenvalue weighted by molar-refractivity contribution is 5.97. The van der Waals surface area contributed by atoms with Crippen molar-refractivity contribution in [2.45, 2.75) is 33.1 Å². The number of carbonyl (C=O) groups is 1. The molecule has 0 spiro atoms. The number of carbonyl (C=O) groups excluding carboxylic acids is 1. The Morgan fingerprint density at radius 2 is 1.79 bits per heavy atom. The third-order valence-corrected chi connectivity index (χ3v) is 5.17. The number of anilines is 1. The van der Waals surface area contributed by atoms with Gasteiger partial charge in [0.25, 0.3) is 5.95 Å². The second kappa shape index (κ2) is 6.74. The smallest absolute Gasteiger partial charge is 0.252 e. The summed E-state index contributed by atoms with van der Waals surface area (Å²) in [6.07, 6.45) is 0.365. The minimum absolute atomic E-state index is 0.0222. The number of nitrogens with zero attached hydrogens (tertiary/aromatic N) is 5. The number of hydrogen-bond donors (Lipinski definition) is 0. The van der Waals surface area contributed by atoms with E-state index in [0.717, 1.165) is 39.8 Å². The van der Waals surface area contributed by atoms with E-state index >= 15 is 0 Å². The lowest BCUT2D eigenvalue weighted by Gasteiger charge is -2.30. The lowest BCUT2D eigenvalue weighted by atomic mass is 9.84. The van der Waals surface area contributed by atoms with Crippen molar-refractivity contribution < 1.29 is 9.53 Å². The average Bonchev–Trinajstić information content (AvgIpc) is 3.01. The van der Waals surface area contributed by atoms with E-state index in [9.17, 15) is 4.79 Å². The Morgan fingerprint density at radius 3 is 2.46 bits per heavy atom. The Hall–Kier alpha value is -3.22. The zero-order valence-corrected chi connectivity index (χ0v) is 16.7. The van der Waals surface area contributed by atoms with Gasteiger partial charge in [-0.25, -0.2) is 9.97 Å². The summed E-state index contributed by atoms with van der Waals surface area (Å²) in [7, 11) is 3.43. The van der Waals surface area contributed by atoms with E-state index in [1.807, 2.05) is 51.1 Å². The van der Waals surface area contributed by atoms with Gasteiger partial charge in [-0.1, -0.05) is 18.2 Å². The summed E-state index contributed by atoms with van der Waals surface area (Å²) >= 11 is 0. The fraction of sp³-hybridized carbons (Fsp3) is 0.333. The van der Waals surface area contributed by atoms with Gasteiger partial charge in [0.2, 0.25) is 5.91 Å². The molecule has 1 aliphatic rings. The van der Waals surface area contributed by atoms with Crippen molar-refractivity contribution >= 4 is 11.7 Å². The molecule has 3 aromatic rings. The van der Waals surface area contributed by atoms with Gasteiger partial charge in [-0.2, -0.15) is 9.78 Å². The van der Waals surface area contributed by atoms with Crippen LogP contribution < -0.4 is 9.64 Å². The van der Waals surface area contributed by atoms with Crippen molar-refractivity contribution in [2.24, 2.45) is 0 Å². The summed E-state index contributed by atoms with van der Waals surface area (Å²) in [5, 5.41) is 4.72. The van der Waals surface area contributed by atoms with Crippen LogP contribution in [0, 0.1) is 20.8 Å². The molecule has 7 nitrogen and oxygen atoms in total. The standard InChI is InChI=1S/C21H23N5O2/c1-12-10-13(2)23-21(22-12)26-20-19(14(3)24-26)16(11-18(27)25(20)4)15-8-6-7-9-17(15)28-5/h6-10,16H,11H2,1-5H3/t16-/m0/s1. The molecule has 2 aromatic heterocycles. The molecule has 0 saturated heterocycles. The van der Waals surface area contributed by atoms with Crippen LogP contribution in [0.2, 0.25) is 0 Å². The van der Waals surface area contributed by atoms with Gasteiger partial charge in [0.15, 0.2) is 0 Å². The van der Waals surface area contributed by atoms with Gasteiger partial charge in [-0.15, -0.1) is 0 Å². The first-order chi connectivity index (χ1) is 13.4. The van der Waals surface area contributed by atoms with Gasteiger partial charge in [-0.3, -0.25) is 9.69 Å². The SMILES string of the molecule is COc1ccccc1[C@@H]1CC(=O)N(C)c2c1c(C)nn2-c1nc(C)cc(C)n1. The fourth-order valence-electron chi connectivity index (χ4n) is 3.95. The Bertz CT molecular complexity index is 1050. The van der Waals surface area contributed by atoms with E-state index in [-0.39, 0.29) is 11.8 Å². The summed E-state index contributed by atoms with van der Waals surface area (Å²) in [6, 6.07) is 9.74. The van der Waals surface area contributed by atoms with Gasteiger partial charge in [0.1, 0.15) is 11.6 Å². The third-order valence-electron chi connectivity index (χ3n) is 5.17. The molecule has 0 unspecified atom stereocenters. The molecule has 0 fully saturated rings. The molecule has 3 heterocycles. The number of amides is 1. The molecule has 0 saturated carbocycles. The normalized spacial score (nSPS) is 16.2. The first kappa shape index (κ1) is 18.2. The maximum Gasteiger partial charge on any atom is 0.252 e. The predicted octanol–water partition coefficient (Wildman–Crippen LogP) is 3.09. The molecule has 1 aromatic carbocycles. The number of aromatic nitrogens is 4. The second-order valence-corrected chi connectivity index (χ2v) is 7.14. The first-order valence-corrected chi connectivity index (χ1v) is 9.22. The molecule has 1 aliphatic heterocycles. The molecule has 4 rings (SSSR count). The Balaban J connectivity index is 1.96. The van der Waals surface area contributed by atoms with Crippen LogP contribution in [0.1, 0.15) is 40.5 Å². The number of fused-ring (bicyclic) bond motifs is 1. The van der Waals surface area contributed by atoms with Crippen LogP contribution in [-0.2, 0) is 4.79 Å². The van der Waals surface area contributed by atoms with Crippen LogP contribution in [0.4, 0.5) is 5.82 Å². The van der Waals surface area contributed by atoms with Crippen molar-refractivity contribution in [3.05, 3.63) is 58.5 Å². The summed E-state index contributed by atoms with van der Waals surface area (Å²) in [6.45, 7) is 5.81. The van der Waals surface area contributed by atoms with Crippen molar-refractivity contribution in [2.75, 3.05) is 19.1 Å². The summed E-state index contributed by atoms with van der Waals surface area (Å²) in [5.41, 5.74) is 4.56. The highest BCUT2D eigenvalue weighted by Gasteiger charge is 2.37. The molecule has 0 N–H and O–H groups in total. The minimum atomic E-state index is -0.130. The molecular weight excluding hydrogens is 354 g/mol. The molecule has 1 atom stereocenters. The number of hydrogen-bond acceptors (Lipinski definition) is 5. The number of rotatable bonds is 3. The van der Waals surface area contributed by atoms with Crippen LogP contribution in [0.15, 0.2) is 30.3 Å². The lowest BCUT2D eigenvalue weighted by Crippen LogP contribution is -2.35. The van der Waals surface area contributed by atoms with E-state index in [4.69, 9.17) is 9.84 Å². The van der Waals surface area contributed by atoms with Crippen LogP contribution >= 0.6 is 0 Å². The Morgan fingerprint density at radius 1 is 1.11 bits per heavy atom. The Labute approximate surface area is 164 Å². The molecule has 144 valence electrons. The molecule has 0 radical (unpaired) electrons. The number of methoxy groups -OCH3 is 1. The maximum absolute atomic E-state index is 12.9. The molecule has 1 amide bonds. The zero-order valence-electron chi connectivity index (χ0n) is 16.7. The van der Waals surface area contributed by atoms with E-state index < -0.39 is 0 Å². The van der Waals surface area contributed by atoms with Crippen LogP contribution in [0.25, 0.3) is 5.95 Å². The van der Waals surface area contributed by atoms with E-state index in [1.165, 1.54) is 0 Å². The summed E-state index contributed by atoms with van der Waals surface area (Å²) in [4.78, 5) is 23.6. The second-order valence-electron chi connectivity index (χ2n) is 7.14.